The lowest BCUT2D eigenvalue weighted by atomic mass is 10.1. The first-order valence-corrected chi connectivity index (χ1v) is 7.77. The molecule has 1 aromatic rings. The van der Waals surface area contributed by atoms with Crippen molar-refractivity contribution in [1.82, 2.24) is 4.72 Å². The third kappa shape index (κ3) is 6.32. The number of nitro groups is 1. The minimum atomic E-state index is -3.61. The number of nitrogens with one attached hydrogen (secondary N) is 1. The molecule has 0 aliphatic carbocycles. The maximum absolute atomic E-state index is 11.8. The van der Waals surface area contributed by atoms with Gasteiger partial charge in [0.1, 0.15) is 0 Å². The van der Waals surface area contributed by atoms with E-state index in [-0.39, 0.29) is 30.3 Å². The zero-order valence-corrected chi connectivity index (χ0v) is 12.2. The Bertz CT molecular complexity index is 611. The lowest BCUT2D eigenvalue weighted by molar-refractivity contribution is -0.384. The van der Waals surface area contributed by atoms with Gasteiger partial charge in [-0.25, -0.2) is 13.1 Å². The highest BCUT2D eigenvalue weighted by atomic mass is 32.2. The summed E-state index contributed by atoms with van der Waals surface area (Å²) in [5.74, 6) is -1.63. The molecule has 21 heavy (non-hydrogen) atoms. The van der Waals surface area contributed by atoms with E-state index in [2.05, 4.69) is 4.72 Å². The van der Waals surface area contributed by atoms with Crippen molar-refractivity contribution < 1.29 is 23.2 Å². The number of non-ortho nitro benzene ring substituents is 1. The van der Waals surface area contributed by atoms with Crippen molar-refractivity contribution in [3.8, 4) is 0 Å². The number of hydrogen-bond acceptors (Lipinski definition) is 5. The lowest BCUT2D eigenvalue weighted by Crippen LogP contribution is -2.30. The van der Waals surface area contributed by atoms with Gasteiger partial charge in [0.15, 0.2) is 0 Å². The SMILES string of the molecule is CC(CNS(=O)(=O)Cc1ccc([N+](=O)[O-])cc1)CC(=O)O. The summed E-state index contributed by atoms with van der Waals surface area (Å²) in [7, 11) is -3.61. The molecule has 0 heterocycles. The van der Waals surface area contributed by atoms with Crippen LogP contribution in [0.3, 0.4) is 0 Å². The Labute approximate surface area is 122 Å². The number of carboxylic acids is 1. The normalized spacial score (nSPS) is 12.8. The molecule has 0 amide bonds. The molecule has 1 rings (SSSR count). The number of aliphatic carboxylic acids is 1. The highest BCUT2D eigenvalue weighted by Gasteiger charge is 2.15. The number of carbonyl (C=O) groups is 1. The predicted octanol–water partition coefficient (Wildman–Crippen LogP) is 1.12. The fraction of sp³-hybridized carbons (Fsp3) is 0.417. The van der Waals surface area contributed by atoms with Gasteiger partial charge >= 0.3 is 5.97 Å². The molecule has 0 aliphatic rings. The molecule has 0 saturated carbocycles. The van der Waals surface area contributed by atoms with Crippen LogP contribution in [0.5, 0.6) is 0 Å². The third-order valence-corrected chi connectivity index (χ3v) is 4.00. The molecule has 0 aromatic heterocycles. The van der Waals surface area contributed by atoms with Gasteiger partial charge in [-0.05, 0) is 11.5 Å². The smallest absolute Gasteiger partial charge is 0.303 e. The van der Waals surface area contributed by atoms with Gasteiger partial charge in [0.25, 0.3) is 5.69 Å². The molecular weight excluding hydrogens is 300 g/mol. The van der Waals surface area contributed by atoms with E-state index in [9.17, 15) is 23.3 Å². The van der Waals surface area contributed by atoms with Crippen LogP contribution in [0, 0.1) is 16.0 Å². The number of sulfonamides is 1. The zero-order valence-electron chi connectivity index (χ0n) is 11.4. The van der Waals surface area contributed by atoms with Crippen LogP contribution >= 0.6 is 0 Å². The molecule has 0 radical (unpaired) electrons. The summed E-state index contributed by atoms with van der Waals surface area (Å²) in [4.78, 5) is 20.4. The van der Waals surface area contributed by atoms with E-state index in [1.54, 1.807) is 6.92 Å². The standard InChI is InChI=1S/C12H16N2O6S/c1-9(6-12(15)16)7-13-21(19,20)8-10-2-4-11(5-3-10)14(17)18/h2-5,9,13H,6-8H2,1H3,(H,15,16). The minimum absolute atomic E-state index is 0.0294. The average Bonchev–Trinajstić information content (AvgIpc) is 2.36. The van der Waals surface area contributed by atoms with E-state index >= 15 is 0 Å². The van der Waals surface area contributed by atoms with E-state index < -0.39 is 20.9 Å². The quantitative estimate of drug-likeness (QED) is 0.546. The molecular formula is C12H16N2O6S. The second-order valence-corrected chi connectivity index (χ2v) is 6.54. The Kier molecular flexibility index (Phi) is 5.79. The number of nitro benzene ring substituents is 1. The van der Waals surface area contributed by atoms with Crippen molar-refractivity contribution in [2.75, 3.05) is 6.54 Å². The molecule has 0 saturated heterocycles. The van der Waals surface area contributed by atoms with Gasteiger partial charge in [0.2, 0.25) is 10.0 Å². The Hall–Kier alpha value is -2.00. The predicted molar refractivity (Wildman–Crippen MR) is 75.1 cm³/mol. The zero-order chi connectivity index (χ0) is 16.0. The Balaban J connectivity index is 2.59. The summed E-state index contributed by atoms with van der Waals surface area (Å²) in [5, 5.41) is 19.1. The van der Waals surface area contributed by atoms with Crippen molar-refractivity contribution in [1.29, 1.82) is 0 Å². The van der Waals surface area contributed by atoms with Crippen molar-refractivity contribution in [2.24, 2.45) is 5.92 Å². The van der Waals surface area contributed by atoms with Crippen molar-refractivity contribution >= 4 is 21.7 Å². The highest BCUT2D eigenvalue weighted by Crippen LogP contribution is 2.13. The second-order valence-electron chi connectivity index (χ2n) is 4.73. The molecule has 0 bridgehead atoms. The van der Waals surface area contributed by atoms with E-state index in [1.807, 2.05) is 0 Å². The van der Waals surface area contributed by atoms with Crippen LogP contribution in [0.2, 0.25) is 0 Å². The van der Waals surface area contributed by atoms with Crippen LogP contribution < -0.4 is 4.72 Å². The van der Waals surface area contributed by atoms with E-state index in [1.165, 1.54) is 24.3 Å². The van der Waals surface area contributed by atoms with Gasteiger partial charge in [0.05, 0.1) is 10.7 Å². The lowest BCUT2D eigenvalue weighted by Gasteiger charge is -2.11. The van der Waals surface area contributed by atoms with E-state index in [0.29, 0.717) is 5.56 Å². The summed E-state index contributed by atoms with van der Waals surface area (Å²) in [6.07, 6.45) is -0.125. The van der Waals surface area contributed by atoms with Crippen LogP contribution in [0.15, 0.2) is 24.3 Å². The van der Waals surface area contributed by atoms with Crippen LogP contribution in [0.1, 0.15) is 18.9 Å². The van der Waals surface area contributed by atoms with Crippen LogP contribution in [0.25, 0.3) is 0 Å². The molecule has 9 heteroatoms. The van der Waals surface area contributed by atoms with Crippen molar-refractivity contribution in [3.05, 3.63) is 39.9 Å². The fourth-order valence-electron chi connectivity index (χ4n) is 1.62. The average molecular weight is 316 g/mol. The van der Waals surface area contributed by atoms with Crippen molar-refractivity contribution in [3.63, 3.8) is 0 Å². The summed E-state index contributed by atoms with van der Waals surface area (Å²) < 4.78 is 26.0. The number of hydrogen-bond donors (Lipinski definition) is 2. The molecule has 1 aromatic carbocycles. The largest absolute Gasteiger partial charge is 0.481 e. The first-order valence-electron chi connectivity index (χ1n) is 6.12. The van der Waals surface area contributed by atoms with Gasteiger partial charge in [-0.15, -0.1) is 0 Å². The number of carboxylic acid groups (broad SMARTS) is 1. The molecule has 0 aliphatic heterocycles. The first kappa shape index (κ1) is 17.1. The van der Waals surface area contributed by atoms with Gasteiger partial charge in [-0.3, -0.25) is 14.9 Å². The molecule has 1 atom stereocenters. The molecule has 1 unspecified atom stereocenters. The first-order chi connectivity index (χ1) is 9.69. The second kappa shape index (κ2) is 7.14. The Morgan fingerprint density at radius 3 is 2.43 bits per heavy atom. The van der Waals surface area contributed by atoms with Crippen molar-refractivity contribution in [2.45, 2.75) is 19.1 Å². The number of nitrogens with zero attached hydrogens (tertiary/aromatic N) is 1. The van der Waals surface area contributed by atoms with Gasteiger partial charge in [0, 0.05) is 25.1 Å². The van der Waals surface area contributed by atoms with Gasteiger partial charge in [-0.2, -0.15) is 0 Å². The fourth-order valence-corrected chi connectivity index (χ4v) is 2.90. The molecule has 0 fully saturated rings. The number of rotatable bonds is 8. The van der Waals surface area contributed by atoms with Gasteiger partial charge in [-0.1, -0.05) is 19.1 Å². The van der Waals surface area contributed by atoms with Crippen LogP contribution in [0.4, 0.5) is 5.69 Å². The maximum atomic E-state index is 11.8. The van der Waals surface area contributed by atoms with E-state index in [4.69, 9.17) is 5.11 Å². The molecule has 116 valence electrons. The summed E-state index contributed by atoms with van der Waals surface area (Å²) in [5.41, 5.74) is 0.304. The Morgan fingerprint density at radius 2 is 1.95 bits per heavy atom. The summed E-state index contributed by atoms with van der Waals surface area (Å²) in [6.45, 7) is 1.66. The van der Waals surface area contributed by atoms with Gasteiger partial charge < -0.3 is 5.11 Å². The van der Waals surface area contributed by atoms with Crippen LogP contribution in [-0.4, -0.2) is 31.0 Å². The number of benzene rings is 1. The molecule has 8 nitrogen and oxygen atoms in total. The third-order valence-electron chi connectivity index (χ3n) is 2.68. The monoisotopic (exact) mass is 316 g/mol. The minimum Gasteiger partial charge on any atom is -0.481 e. The summed E-state index contributed by atoms with van der Waals surface area (Å²) >= 11 is 0. The molecule has 0 spiro atoms. The van der Waals surface area contributed by atoms with Crippen LogP contribution in [-0.2, 0) is 20.6 Å². The topological polar surface area (TPSA) is 127 Å². The summed E-state index contributed by atoms with van der Waals surface area (Å²) in [6, 6.07) is 5.21. The van der Waals surface area contributed by atoms with E-state index in [0.717, 1.165) is 0 Å². The maximum Gasteiger partial charge on any atom is 0.303 e. The Morgan fingerprint density at radius 1 is 1.38 bits per heavy atom. The highest BCUT2D eigenvalue weighted by molar-refractivity contribution is 7.88. The molecule has 2 N–H and O–H groups in total.